The Hall–Kier alpha value is -2.62. The molecule has 1 aromatic rings. The van der Waals surface area contributed by atoms with Gasteiger partial charge in [-0.05, 0) is 62.8 Å². The maximum Gasteiger partial charge on any atom is 0.407 e. The Kier molecular flexibility index (Phi) is 6.64. The van der Waals surface area contributed by atoms with Crippen LogP contribution in [0.3, 0.4) is 0 Å². The first-order chi connectivity index (χ1) is 14.1. The molecule has 1 fully saturated rings. The predicted octanol–water partition coefficient (Wildman–Crippen LogP) is 2.53. The van der Waals surface area contributed by atoms with E-state index in [1.165, 1.54) is 23.1 Å². The number of hydrogen-bond acceptors (Lipinski definition) is 7. The maximum absolute atomic E-state index is 11.8. The van der Waals surface area contributed by atoms with Gasteiger partial charge in [0.1, 0.15) is 17.8 Å². The molecule has 0 saturated heterocycles. The number of carbonyl (C=O) groups excluding carboxylic acids is 1. The molecule has 1 amide bonds. The number of alkyl carbamates (subject to hydrolysis) is 1. The molecule has 1 aliphatic carbocycles. The fourth-order valence-electron chi connectivity index (χ4n) is 3.54. The maximum atomic E-state index is 11.8. The zero-order valence-corrected chi connectivity index (χ0v) is 18.6. The molecule has 3 rings (SSSR count). The number of nitrogens with one attached hydrogen (secondary N) is 2. The van der Waals surface area contributed by atoms with Crippen molar-refractivity contribution in [2.24, 2.45) is 10.9 Å². The van der Waals surface area contributed by atoms with Crippen molar-refractivity contribution in [3.63, 3.8) is 0 Å². The molecular weight excluding hydrogens is 406 g/mol. The van der Waals surface area contributed by atoms with E-state index in [4.69, 9.17) is 4.74 Å². The van der Waals surface area contributed by atoms with Crippen molar-refractivity contribution in [1.29, 1.82) is 0 Å². The molecule has 2 aliphatic rings. The Bertz CT molecular complexity index is 940. The number of nitrogens with zero attached hydrogens (tertiary/aromatic N) is 3. The molecule has 0 spiro atoms. The zero-order chi connectivity index (χ0) is 21.9. The number of sulfonamides is 1. The van der Waals surface area contributed by atoms with E-state index in [-0.39, 0.29) is 18.2 Å². The number of aliphatic imine (C=N–C) groups is 1. The molecule has 2 atom stereocenters. The number of hydrogen-bond donors (Lipinski definition) is 2. The average Bonchev–Trinajstić information content (AvgIpc) is 3.29. The molecule has 1 aliphatic heterocycles. The van der Waals surface area contributed by atoms with Crippen molar-refractivity contribution in [2.45, 2.75) is 45.3 Å². The monoisotopic (exact) mass is 435 g/mol. The minimum Gasteiger partial charge on any atom is -0.446 e. The van der Waals surface area contributed by atoms with Crippen molar-refractivity contribution in [3.05, 3.63) is 30.0 Å². The molecule has 0 radical (unpaired) electrons. The molecule has 1 saturated carbocycles. The third-order valence-corrected chi connectivity index (χ3v) is 6.41. The van der Waals surface area contributed by atoms with Gasteiger partial charge in [-0.25, -0.2) is 18.2 Å². The predicted molar refractivity (Wildman–Crippen MR) is 117 cm³/mol. The summed E-state index contributed by atoms with van der Waals surface area (Å²) in [6.07, 6.45) is 6.90. The van der Waals surface area contributed by atoms with Crippen molar-refractivity contribution >= 4 is 33.5 Å². The molecule has 1 aromatic heterocycles. The molecule has 0 aromatic carbocycles. The number of carbonyl (C=O) groups is 1. The first-order valence-electron chi connectivity index (χ1n) is 10.0. The van der Waals surface area contributed by atoms with Gasteiger partial charge in [-0.1, -0.05) is 0 Å². The van der Waals surface area contributed by atoms with Crippen LogP contribution in [0.4, 0.5) is 16.3 Å². The SMILES string of the molecule is CC(C)NC(=O)O[C@@H]1CC[C@H](C2=CC(Nc3ccc(N(C)S(C)(=O)=O)cn3)=NC2)C1. The smallest absolute Gasteiger partial charge is 0.407 e. The van der Waals surface area contributed by atoms with Gasteiger partial charge in [-0.15, -0.1) is 0 Å². The Balaban J connectivity index is 1.53. The molecule has 2 heterocycles. The van der Waals surface area contributed by atoms with E-state index in [9.17, 15) is 13.2 Å². The van der Waals surface area contributed by atoms with Crippen molar-refractivity contribution in [1.82, 2.24) is 10.3 Å². The highest BCUT2D eigenvalue weighted by Crippen LogP contribution is 2.34. The van der Waals surface area contributed by atoms with E-state index >= 15 is 0 Å². The number of anilines is 2. The van der Waals surface area contributed by atoms with Crippen LogP contribution in [0, 0.1) is 5.92 Å². The summed E-state index contributed by atoms with van der Waals surface area (Å²) in [4.78, 5) is 20.6. The van der Waals surface area contributed by atoms with Crippen LogP contribution < -0.4 is 14.9 Å². The van der Waals surface area contributed by atoms with E-state index < -0.39 is 10.0 Å². The number of amides is 1. The van der Waals surface area contributed by atoms with Gasteiger partial charge in [-0.3, -0.25) is 9.30 Å². The quantitative estimate of drug-likeness (QED) is 0.710. The highest BCUT2D eigenvalue weighted by Gasteiger charge is 2.31. The topological polar surface area (TPSA) is 113 Å². The molecule has 164 valence electrons. The fourth-order valence-corrected chi connectivity index (χ4v) is 4.03. The number of aromatic nitrogens is 1. The third-order valence-electron chi connectivity index (χ3n) is 5.21. The summed E-state index contributed by atoms with van der Waals surface area (Å²) in [5.41, 5.74) is 1.72. The van der Waals surface area contributed by atoms with Gasteiger partial charge in [0.05, 0.1) is 24.7 Å². The van der Waals surface area contributed by atoms with Crippen LogP contribution in [0.2, 0.25) is 0 Å². The van der Waals surface area contributed by atoms with Crippen LogP contribution in [0.1, 0.15) is 33.1 Å². The molecule has 2 N–H and O–H groups in total. The van der Waals surface area contributed by atoms with E-state index in [1.54, 1.807) is 12.1 Å². The number of ether oxygens (including phenoxy) is 1. The number of rotatable bonds is 6. The first kappa shape index (κ1) is 22.1. The summed E-state index contributed by atoms with van der Waals surface area (Å²) in [6, 6.07) is 3.47. The van der Waals surface area contributed by atoms with Crippen LogP contribution >= 0.6 is 0 Å². The zero-order valence-electron chi connectivity index (χ0n) is 17.8. The van der Waals surface area contributed by atoms with Gasteiger partial charge in [0.25, 0.3) is 0 Å². The molecule has 0 bridgehead atoms. The summed E-state index contributed by atoms with van der Waals surface area (Å²) in [7, 11) is -1.84. The lowest BCUT2D eigenvalue weighted by Crippen LogP contribution is -2.33. The lowest BCUT2D eigenvalue weighted by molar-refractivity contribution is 0.0975. The number of pyridine rings is 1. The minimum atomic E-state index is -3.32. The second-order valence-corrected chi connectivity index (χ2v) is 10.0. The summed E-state index contributed by atoms with van der Waals surface area (Å²) >= 11 is 0. The van der Waals surface area contributed by atoms with Gasteiger partial charge in [0.15, 0.2) is 0 Å². The minimum absolute atomic E-state index is 0.0590. The Morgan fingerprint density at radius 2 is 2.07 bits per heavy atom. The lowest BCUT2D eigenvalue weighted by atomic mass is 9.98. The van der Waals surface area contributed by atoms with Crippen molar-refractivity contribution in [2.75, 3.05) is 29.5 Å². The van der Waals surface area contributed by atoms with E-state index in [1.807, 2.05) is 19.9 Å². The van der Waals surface area contributed by atoms with Crippen LogP contribution in [0.15, 0.2) is 35.0 Å². The van der Waals surface area contributed by atoms with Crippen molar-refractivity contribution < 1.29 is 17.9 Å². The van der Waals surface area contributed by atoms with Gasteiger partial charge in [0.2, 0.25) is 10.0 Å². The summed E-state index contributed by atoms with van der Waals surface area (Å²) < 4.78 is 29.9. The van der Waals surface area contributed by atoms with E-state index in [0.29, 0.717) is 24.0 Å². The standard InChI is InChI=1S/C20H29N5O4S/c1-13(2)23-20(26)29-17-7-5-14(9-17)15-10-19(21-11-15)24-18-8-6-16(12-22-18)25(3)30(4,27)28/h6,8,10,12-14,17H,5,7,9,11H2,1-4H3,(H,23,26)(H,21,22,24)/t14-,17+/m0/s1. The van der Waals surface area contributed by atoms with Crippen LogP contribution in [0.25, 0.3) is 0 Å². The van der Waals surface area contributed by atoms with E-state index in [2.05, 4.69) is 20.6 Å². The Morgan fingerprint density at radius 1 is 1.30 bits per heavy atom. The molecule has 0 unspecified atom stereocenters. The van der Waals surface area contributed by atoms with Gasteiger partial charge in [-0.2, -0.15) is 0 Å². The lowest BCUT2D eigenvalue weighted by Gasteiger charge is -2.16. The summed E-state index contributed by atoms with van der Waals surface area (Å²) in [6.45, 7) is 4.42. The fraction of sp³-hybridized carbons (Fsp3) is 0.550. The second kappa shape index (κ2) is 9.03. The van der Waals surface area contributed by atoms with Gasteiger partial charge >= 0.3 is 6.09 Å². The second-order valence-electron chi connectivity index (χ2n) is 8.01. The molecule has 10 heteroatoms. The molecule has 9 nitrogen and oxygen atoms in total. The molecule has 30 heavy (non-hydrogen) atoms. The molecular formula is C20H29N5O4S. The summed E-state index contributed by atoms with van der Waals surface area (Å²) in [5, 5.41) is 5.92. The highest BCUT2D eigenvalue weighted by molar-refractivity contribution is 7.92. The average molecular weight is 436 g/mol. The Labute approximate surface area is 177 Å². The van der Waals surface area contributed by atoms with Crippen LogP contribution in [-0.2, 0) is 14.8 Å². The van der Waals surface area contributed by atoms with E-state index in [0.717, 1.165) is 31.4 Å². The van der Waals surface area contributed by atoms with Crippen molar-refractivity contribution in [3.8, 4) is 0 Å². The summed E-state index contributed by atoms with van der Waals surface area (Å²) in [5.74, 6) is 1.67. The highest BCUT2D eigenvalue weighted by atomic mass is 32.2. The Morgan fingerprint density at radius 3 is 2.70 bits per heavy atom. The number of amidine groups is 1. The largest absolute Gasteiger partial charge is 0.446 e. The van der Waals surface area contributed by atoms with Crippen LogP contribution in [-0.4, -0.2) is 57.3 Å². The third kappa shape index (κ3) is 5.71. The van der Waals surface area contributed by atoms with Gasteiger partial charge < -0.3 is 15.4 Å². The van der Waals surface area contributed by atoms with Crippen LogP contribution in [0.5, 0.6) is 0 Å². The normalized spacial score (nSPS) is 21.2. The first-order valence-corrected chi connectivity index (χ1v) is 11.9. The van der Waals surface area contributed by atoms with Gasteiger partial charge in [0, 0.05) is 13.1 Å².